The molecule has 35 heavy (non-hydrogen) atoms. The number of carbonyl (C=O) groups is 3. The zero-order valence-electron chi connectivity index (χ0n) is 17.9. The summed E-state index contributed by atoms with van der Waals surface area (Å²) in [5.41, 5.74) is 0.0997. The van der Waals surface area contributed by atoms with Gasteiger partial charge in [-0.2, -0.15) is 13.2 Å². The van der Waals surface area contributed by atoms with Crippen molar-refractivity contribution in [2.75, 3.05) is 13.6 Å². The van der Waals surface area contributed by atoms with Crippen molar-refractivity contribution >= 4 is 29.1 Å². The van der Waals surface area contributed by atoms with Crippen LogP contribution in [-0.4, -0.2) is 64.7 Å². The van der Waals surface area contributed by atoms with Crippen LogP contribution in [-0.2, 0) is 25.5 Å². The molecule has 1 aromatic rings. The first-order valence-electron chi connectivity index (χ1n) is 10.1. The molecule has 1 aromatic carbocycles. The molecule has 0 saturated carbocycles. The van der Waals surface area contributed by atoms with E-state index < -0.39 is 59.5 Å². The van der Waals surface area contributed by atoms with Crippen LogP contribution < -0.4 is 10.6 Å². The van der Waals surface area contributed by atoms with Gasteiger partial charge in [0, 0.05) is 18.8 Å². The Bertz CT molecular complexity index is 1290. The van der Waals surface area contributed by atoms with Gasteiger partial charge in [0.15, 0.2) is 17.0 Å². The van der Waals surface area contributed by atoms with Gasteiger partial charge in [0.05, 0.1) is 0 Å². The maximum absolute atomic E-state index is 13.3. The number of allylic oxidation sites excluding steroid dienone is 1. The van der Waals surface area contributed by atoms with Gasteiger partial charge in [-0.1, -0.05) is 12.1 Å². The van der Waals surface area contributed by atoms with Crippen LogP contribution in [0.1, 0.15) is 5.56 Å². The number of nitrogens with one attached hydrogen (secondary N) is 2. The molecular weight excluding hydrogens is 476 g/mol. The number of alkyl halides is 3. The van der Waals surface area contributed by atoms with Gasteiger partial charge < -0.3 is 20.5 Å². The molecule has 182 valence electrons. The molecule has 9 nitrogen and oxygen atoms in total. The second kappa shape index (κ2) is 8.81. The third kappa shape index (κ3) is 4.56. The molecule has 3 amide bonds. The van der Waals surface area contributed by atoms with Crippen LogP contribution in [0.15, 0.2) is 64.3 Å². The van der Waals surface area contributed by atoms with Crippen LogP contribution in [0.2, 0.25) is 0 Å². The summed E-state index contributed by atoms with van der Waals surface area (Å²) in [6.45, 7) is -1.64. The molecule has 0 aliphatic carbocycles. The quantitative estimate of drug-likeness (QED) is 0.323. The SMILES string of the molecule is CNC(=O)C1=C(O)C2=NC=C(Cc3ccc(F)cc3)C3OC(C(=O)NCC(F)(F)F)=C[N+](=C23)C1=O. The van der Waals surface area contributed by atoms with Gasteiger partial charge >= 0.3 is 12.1 Å². The van der Waals surface area contributed by atoms with Crippen molar-refractivity contribution in [2.45, 2.75) is 18.7 Å². The van der Waals surface area contributed by atoms with E-state index in [0.29, 0.717) is 11.1 Å². The Kier molecular flexibility index (Phi) is 6.01. The number of halogens is 4. The van der Waals surface area contributed by atoms with E-state index in [0.717, 1.165) is 10.8 Å². The number of aliphatic imine (C=N–C) groups is 1. The fraction of sp³-hybridized carbons (Fsp3) is 0.227. The smallest absolute Gasteiger partial charge is 0.434 e. The number of amides is 3. The lowest BCUT2D eigenvalue weighted by Crippen LogP contribution is -2.52. The molecule has 0 saturated heterocycles. The standard InChI is InChI=1S/C22H16F4N4O5/c1-27-20(33)14-17(31)15-16-18(11(7-28-15)6-10-2-4-12(23)5-3-10)35-13(8-30(16)21(14)34)19(32)29-9-22(24,25)26/h2-5,7-8,18H,6,9H2,1H3,(H2-,27,29,31,32,33,34)/p+1. The largest absolute Gasteiger partial charge is 0.504 e. The normalized spacial score (nSPS) is 19.3. The highest BCUT2D eigenvalue weighted by molar-refractivity contribution is 6.52. The third-order valence-corrected chi connectivity index (χ3v) is 5.28. The highest BCUT2D eigenvalue weighted by Crippen LogP contribution is 2.30. The highest BCUT2D eigenvalue weighted by Gasteiger charge is 2.52. The van der Waals surface area contributed by atoms with Crippen molar-refractivity contribution < 1.29 is 46.4 Å². The molecule has 3 N–H and O–H groups in total. The Morgan fingerprint density at radius 3 is 2.51 bits per heavy atom. The van der Waals surface area contributed by atoms with Crippen molar-refractivity contribution in [3.05, 3.63) is 70.7 Å². The number of rotatable bonds is 5. The van der Waals surface area contributed by atoms with Gasteiger partial charge in [-0.25, -0.2) is 14.2 Å². The summed E-state index contributed by atoms with van der Waals surface area (Å²) in [6.07, 6.45) is -3.68. The lowest BCUT2D eigenvalue weighted by molar-refractivity contribution is -0.385. The van der Waals surface area contributed by atoms with Crippen LogP contribution in [0.4, 0.5) is 17.6 Å². The minimum absolute atomic E-state index is 0.0212. The van der Waals surface area contributed by atoms with Gasteiger partial charge in [0.1, 0.15) is 12.4 Å². The van der Waals surface area contributed by atoms with Crippen molar-refractivity contribution in [3.63, 3.8) is 0 Å². The van der Waals surface area contributed by atoms with Crippen molar-refractivity contribution in [1.82, 2.24) is 10.6 Å². The maximum Gasteiger partial charge on any atom is 0.434 e. The molecule has 1 atom stereocenters. The van der Waals surface area contributed by atoms with Crippen LogP contribution in [0.25, 0.3) is 0 Å². The molecule has 4 rings (SSSR count). The predicted octanol–water partition coefficient (Wildman–Crippen LogP) is 1.18. The summed E-state index contributed by atoms with van der Waals surface area (Å²) < 4.78 is 57.6. The zero-order chi connectivity index (χ0) is 25.5. The second-order valence-electron chi connectivity index (χ2n) is 7.64. The molecule has 0 spiro atoms. The topological polar surface area (TPSA) is 120 Å². The van der Waals surface area contributed by atoms with E-state index in [2.05, 4.69) is 10.3 Å². The van der Waals surface area contributed by atoms with Gasteiger partial charge in [-0.15, -0.1) is 4.58 Å². The van der Waals surface area contributed by atoms with Crippen LogP contribution >= 0.6 is 0 Å². The number of ether oxygens (including phenoxy) is 1. The molecule has 0 fully saturated rings. The molecule has 3 heterocycles. The van der Waals surface area contributed by atoms with Gasteiger partial charge in [-0.3, -0.25) is 9.59 Å². The van der Waals surface area contributed by atoms with Gasteiger partial charge in [-0.05, 0) is 24.1 Å². The average molecular weight is 493 g/mol. The van der Waals surface area contributed by atoms with E-state index >= 15 is 0 Å². The Morgan fingerprint density at radius 2 is 1.89 bits per heavy atom. The molecule has 0 aromatic heterocycles. The first-order chi connectivity index (χ1) is 16.5. The van der Waals surface area contributed by atoms with E-state index in [-0.39, 0.29) is 17.8 Å². The van der Waals surface area contributed by atoms with Crippen LogP contribution in [0.5, 0.6) is 0 Å². The van der Waals surface area contributed by atoms with Gasteiger partial charge in [0.2, 0.25) is 12.3 Å². The van der Waals surface area contributed by atoms with Crippen LogP contribution in [0.3, 0.4) is 0 Å². The Balaban J connectivity index is 1.79. The second-order valence-corrected chi connectivity index (χ2v) is 7.64. The van der Waals surface area contributed by atoms with Crippen molar-refractivity contribution in [2.24, 2.45) is 4.99 Å². The number of likely N-dealkylation sites (N-methyl/N-ethyl adjacent to an activating group) is 1. The van der Waals surface area contributed by atoms with Crippen molar-refractivity contribution in [1.29, 1.82) is 0 Å². The Morgan fingerprint density at radius 1 is 1.20 bits per heavy atom. The molecule has 3 aliphatic rings. The number of hydrogen-bond acceptors (Lipinski definition) is 6. The number of hydrogen-bond donors (Lipinski definition) is 3. The highest BCUT2D eigenvalue weighted by atomic mass is 19.4. The van der Waals surface area contributed by atoms with E-state index in [1.807, 2.05) is 0 Å². The zero-order valence-corrected chi connectivity index (χ0v) is 17.9. The minimum Gasteiger partial charge on any atom is -0.504 e. The predicted molar refractivity (Wildman–Crippen MR) is 112 cm³/mol. The van der Waals surface area contributed by atoms with E-state index in [4.69, 9.17) is 4.74 Å². The molecule has 0 radical (unpaired) electrons. The first kappa shape index (κ1) is 23.9. The summed E-state index contributed by atoms with van der Waals surface area (Å²) >= 11 is 0. The molecular formula is C22H17F4N4O5+. The number of benzene rings is 1. The summed E-state index contributed by atoms with van der Waals surface area (Å²) in [5.74, 6) is -5.03. The van der Waals surface area contributed by atoms with Gasteiger partial charge in [0.25, 0.3) is 23.3 Å². The summed E-state index contributed by atoms with van der Waals surface area (Å²) in [6, 6.07) is 5.42. The van der Waals surface area contributed by atoms with Crippen molar-refractivity contribution in [3.8, 4) is 0 Å². The average Bonchev–Trinajstić information content (AvgIpc) is 2.82. The number of aliphatic hydroxyl groups is 1. The fourth-order valence-corrected chi connectivity index (χ4v) is 3.67. The minimum atomic E-state index is -4.69. The molecule has 0 bridgehead atoms. The lowest BCUT2D eigenvalue weighted by Gasteiger charge is -2.29. The molecule has 1 unspecified atom stereocenters. The molecule has 13 heteroatoms. The monoisotopic (exact) mass is 493 g/mol. The third-order valence-electron chi connectivity index (χ3n) is 5.28. The molecule has 3 aliphatic heterocycles. The number of nitrogens with zero attached hydrogens (tertiary/aromatic N) is 2. The number of carbonyl (C=O) groups excluding carboxylic acids is 3. The number of aliphatic hydroxyl groups excluding tert-OH is 1. The van der Waals surface area contributed by atoms with Crippen LogP contribution in [0, 0.1) is 5.82 Å². The maximum atomic E-state index is 13.3. The van der Waals surface area contributed by atoms with E-state index in [1.54, 1.807) is 5.32 Å². The van der Waals surface area contributed by atoms with E-state index in [9.17, 15) is 37.1 Å². The lowest BCUT2D eigenvalue weighted by atomic mass is 9.89. The summed E-state index contributed by atoms with van der Waals surface area (Å²) in [7, 11) is 1.23. The summed E-state index contributed by atoms with van der Waals surface area (Å²) in [4.78, 5) is 41.9. The fourth-order valence-electron chi connectivity index (χ4n) is 3.67. The Hall–Kier alpha value is -4.29. The Labute approximate surface area is 194 Å². The summed E-state index contributed by atoms with van der Waals surface area (Å²) in [5, 5.41) is 14.5. The first-order valence-corrected chi connectivity index (χ1v) is 10.1. The van der Waals surface area contributed by atoms with E-state index in [1.165, 1.54) is 37.5 Å².